The van der Waals surface area contributed by atoms with Crippen LogP contribution in [0.4, 0.5) is 5.69 Å². The number of benzene rings is 1. The van der Waals surface area contributed by atoms with Gasteiger partial charge < -0.3 is 10.6 Å². The zero-order valence-corrected chi connectivity index (χ0v) is 13.4. The summed E-state index contributed by atoms with van der Waals surface area (Å²) in [6.07, 6.45) is 0. The number of amides is 1. The van der Waals surface area contributed by atoms with Gasteiger partial charge in [-0.3, -0.25) is 4.79 Å². The van der Waals surface area contributed by atoms with E-state index >= 15 is 0 Å². The number of thiazole rings is 1. The van der Waals surface area contributed by atoms with Gasteiger partial charge in [0, 0.05) is 34.7 Å². The molecule has 110 valence electrons. The second-order valence-electron chi connectivity index (χ2n) is 4.90. The van der Waals surface area contributed by atoms with Gasteiger partial charge >= 0.3 is 0 Å². The summed E-state index contributed by atoms with van der Waals surface area (Å²) < 4.78 is 0. The van der Waals surface area contributed by atoms with E-state index in [0.29, 0.717) is 0 Å². The maximum atomic E-state index is 12.2. The van der Waals surface area contributed by atoms with Gasteiger partial charge in [-0.1, -0.05) is 12.1 Å². The molecule has 6 heteroatoms. The molecule has 2 heterocycles. The lowest BCUT2D eigenvalue weighted by Crippen LogP contribution is -2.46. The molecule has 0 bridgehead atoms. The van der Waals surface area contributed by atoms with Gasteiger partial charge in [0.15, 0.2) is 0 Å². The Hall–Kier alpha value is -1.37. The molecule has 1 amide bonds. The second-order valence-corrected chi connectivity index (χ2v) is 7.12. The molecule has 0 saturated carbocycles. The van der Waals surface area contributed by atoms with Crippen LogP contribution in [0.25, 0.3) is 11.3 Å². The number of nitrogens with one attached hydrogen (secondary N) is 2. The molecule has 4 nitrogen and oxygen atoms in total. The van der Waals surface area contributed by atoms with E-state index in [1.54, 1.807) is 11.3 Å². The molecule has 2 N–H and O–H groups in total. The highest BCUT2D eigenvalue weighted by Crippen LogP contribution is 2.24. The van der Waals surface area contributed by atoms with E-state index in [1.807, 2.05) is 48.3 Å². The minimum Gasteiger partial charge on any atom is -0.325 e. The van der Waals surface area contributed by atoms with Crippen molar-refractivity contribution in [2.75, 3.05) is 23.4 Å². The van der Waals surface area contributed by atoms with Crippen LogP contribution in [0.5, 0.6) is 0 Å². The summed E-state index contributed by atoms with van der Waals surface area (Å²) in [5.41, 5.74) is 2.81. The number of thioether (sulfide) groups is 1. The quantitative estimate of drug-likeness (QED) is 0.913. The van der Waals surface area contributed by atoms with E-state index in [4.69, 9.17) is 0 Å². The summed E-state index contributed by atoms with van der Waals surface area (Å²) in [5, 5.41) is 9.32. The van der Waals surface area contributed by atoms with E-state index in [2.05, 4.69) is 15.6 Å². The Morgan fingerprint density at radius 2 is 2.38 bits per heavy atom. The first-order valence-electron chi connectivity index (χ1n) is 6.87. The van der Waals surface area contributed by atoms with Crippen molar-refractivity contribution < 1.29 is 4.79 Å². The van der Waals surface area contributed by atoms with Crippen LogP contribution in [-0.4, -0.2) is 35.0 Å². The Bertz CT molecular complexity index is 635. The van der Waals surface area contributed by atoms with Gasteiger partial charge in [0.25, 0.3) is 0 Å². The first kappa shape index (κ1) is 14.6. The summed E-state index contributed by atoms with van der Waals surface area (Å²) in [6, 6.07) is 7.74. The fourth-order valence-electron chi connectivity index (χ4n) is 2.22. The van der Waals surface area contributed by atoms with Crippen LogP contribution < -0.4 is 10.6 Å². The number of rotatable bonds is 3. The highest BCUT2D eigenvalue weighted by Gasteiger charge is 2.20. The molecule has 3 rings (SSSR count). The van der Waals surface area contributed by atoms with Crippen LogP contribution in [-0.2, 0) is 4.79 Å². The molecular weight excluding hydrogens is 302 g/mol. The van der Waals surface area contributed by atoms with Crippen molar-refractivity contribution in [3.8, 4) is 11.3 Å². The fraction of sp³-hybridized carbons (Fsp3) is 0.333. The highest BCUT2D eigenvalue weighted by molar-refractivity contribution is 7.99. The molecule has 1 aromatic carbocycles. The number of hydrogen-bond donors (Lipinski definition) is 2. The molecular formula is C15H17N3OS2. The molecule has 1 aromatic heterocycles. The van der Waals surface area contributed by atoms with Crippen molar-refractivity contribution in [2.45, 2.75) is 13.0 Å². The molecule has 1 aliphatic heterocycles. The molecule has 1 fully saturated rings. The first-order chi connectivity index (χ1) is 10.2. The van der Waals surface area contributed by atoms with Gasteiger partial charge in [0.05, 0.1) is 16.7 Å². The summed E-state index contributed by atoms with van der Waals surface area (Å²) in [6.45, 7) is 2.88. The van der Waals surface area contributed by atoms with Crippen LogP contribution in [0, 0.1) is 6.92 Å². The van der Waals surface area contributed by atoms with Crippen LogP contribution >= 0.6 is 23.1 Å². The van der Waals surface area contributed by atoms with Crippen molar-refractivity contribution in [3.05, 3.63) is 34.7 Å². The third-order valence-electron chi connectivity index (χ3n) is 3.28. The van der Waals surface area contributed by atoms with Gasteiger partial charge in [-0.2, -0.15) is 11.8 Å². The second kappa shape index (κ2) is 6.60. The Kier molecular flexibility index (Phi) is 4.57. The maximum absolute atomic E-state index is 12.2. The maximum Gasteiger partial charge on any atom is 0.242 e. The minimum absolute atomic E-state index is 0.0359. The van der Waals surface area contributed by atoms with Crippen LogP contribution in [0.1, 0.15) is 5.01 Å². The smallest absolute Gasteiger partial charge is 0.242 e. The number of aromatic nitrogens is 1. The SMILES string of the molecule is Cc1nc(-c2cccc(NC(=O)C3CSCCN3)c2)cs1. The first-order valence-corrected chi connectivity index (χ1v) is 8.90. The zero-order chi connectivity index (χ0) is 14.7. The Morgan fingerprint density at radius 1 is 1.48 bits per heavy atom. The summed E-state index contributed by atoms with van der Waals surface area (Å²) in [5.74, 6) is 1.94. The largest absolute Gasteiger partial charge is 0.325 e. The van der Waals surface area contributed by atoms with E-state index in [1.165, 1.54) is 0 Å². The molecule has 1 aliphatic rings. The lowest BCUT2D eigenvalue weighted by molar-refractivity contribution is -0.117. The van der Waals surface area contributed by atoms with Crippen molar-refractivity contribution >= 4 is 34.7 Å². The van der Waals surface area contributed by atoms with E-state index in [-0.39, 0.29) is 11.9 Å². The van der Waals surface area contributed by atoms with Crippen LogP contribution in [0.2, 0.25) is 0 Å². The number of anilines is 1. The van der Waals surface area contributed by atoms with Gasteiger partial charge in [-0.25, -0.2) is 4.98 Å². The molecule has 0 aliphatic carbocycles. The van der Waals surface area contributed by atoms with Crippen molar-refractivity contribution in [3.63, 3.8) is 0 Å². The summed E-state index contributed by atoms with van der Waals surface area (Å²) in [7, 11) is 0. The molecule has 2 aromatic rings. The molecule has 1 atom stereocenters. The van der Waals surface area contributed by atoms with Gasteiger partial charge in [0.2, 0.25) is 5.91 Å². The van der Waals surface area contributed by atoms with Crippen molar-refractivity contribution in [1.82, 2.24) is 10.3 Å². The molecule has 1 unspecified atom stereocenters. The number of carbonyl (C=O) groups excluding carboxylic acids is 1. The fourth-order valence-corrected chi connectivity index (χ4v) is 3.77. The molecule has 1 saturated heterocycles. The Morgan fingerprint density at radius 3 is 3.10 bits per heavy atom. The monoisotopic (exact) mass is 319 g/mol. The van der Waals surface area contributed by atoms with Gasteiger partial charge in [-0.05, 0) is 19.1 Å². The number of nitrogens with zero attached hydrogens (tertiary/aromatic N) is 1. The van der Waals surface area contributed by atoms with E-state index in [0.717, 1.165) is 40.0 Å². The van der Waals surface area contributed by atoms with E-state index < -0.39 is 0 Å². The number of aryl methyl sites for hydroxylation is 1. The average Bonchev–Trinajstić information content (AvgIpc) is 2.95. The zero-order valence-electron chi connectivity index (χ0n) is 11.8. The number of hydrogen-bond acceptors (Lipinski definition) is 5. The third-order valence-corrected chi connectivity index (χ3v) is 5.12. The standard InChI is InChI=1S/C15H17N3OS2/c1-10-17-13(9-21-10)11-3-2-4-12(7-11)18-15(19)14-8-20-6-5-16-14/h2-4,7,9,14,16H,5-6,8H2,1H3,(H,18,19). The Labute approximate surface area is 132 Å². The van der Waals surface area contributed by atoms with Gasteiger partial charge in [-0.15, -0.1) is 11.3 Å². The van der Waals surface area contributed by atoms with Crippen molar-refractivity contribution in [2.24, 2.45) is 0 Å². The predicted octanol–water partition coefficient (Wildman–Crippen LogP) is 2.76. The topological polar surface area (TPSA) is 54.0 Å². The molecule has 21 heavy (non-hydrogen) atoms. The van der Waals surface area contributed by atoms with Gasteiger partial charge in [0.1, 0.15) is 0 Å². The van der Waals surface area contributed by atoms with Crippen molar-refractivity contribution in [1.29, 1.82) is 0 Å². The van der Waals surface area contributed by atoms with Crippen LogP contribution in [0.15, 0.2) is 29.6 Å². The summed E-state index contributed by atoms with van der Waals surface area (Å²) in [4.78, 5) is 16.7. The third kappa shape index (κ3) is 3.64. The molecule has 0 radical (unpaired) electrons. The summed E-state index contributed by atoms with van der Waals surface area (Å²) >= 11 is 3.44. The average molecular weight is 319 g/mol. The highest BCUT2D eigenvalue weighted by atomic mass is 32.2. The number of carbonyl (C=O) groups is 1. The normalized spacial score (nSPS) is 18.4. The lowest BCUT2D eigenvalue weighted by Gasteiger charge is -2.22. The van der Waals surface area contributed by atoms with Crippen LogP contribution in [0.3, 0.4) is 0 Å². The Balaban J connectivity index is 1.72. The van der Waals surface area contributed by atoms with E-state index in [9.17, 15) is 4.79 Å². The lowest BCUT2D eigenvalue weighted by atomic mass is 10.1. The minimum atomic E-state index is -0.103. The predicted molar refractivity (Wildman–Crippen MR) is 90.0 cm³/mol. The molecule has 0 spiro atoms.